The van der Waals surface area contributed by atoms with Crippen molar-refractivity contribution < 1.29 is 4.42 Å². The van der Waals surface area contributed by atoms with Crippen molar-refractivity contribution in [2.75, 3.05) is 9.80 Å². The van der Waals surface area contributed by atoms with Gasteiger partial charge in [0.25, 0.3) is 0 Å². The number of rotatable bonds is 10. The van der Waals surface area contributed by atoms with E-state index in [0.29, 0.717) is 5.89 Å². The van der Waals surface area contributed by atoms with Crippen molar-refractivity contribution >= 4 is 88.5 Å². The summed E-state index contributed by atoms with van der Waals surface area (Å²) in [4.78, 5) is 9.65. The second-order valence-electron chi connectivity index (χ2n) is 19.1. The predicted molar refractivity (Wildman–Crippen MR) is 309 cm³/mol. The van der Waals surface area contributed by atoms with Gasteiger partial charge in [0.1, 0.15) is 5.52 Å². The van der Waals surface area contributed by atoms with Crippen LogP contribution in [0.4, 0.5) is 28.4 Å². The van der Waals surface area contributed by atoms with Gasteiger partial charge >= 0.3 is 0 Å². The molecule has 2 aromatic heterocycles. The first kappa shape index (κ1) is 43.1. The Morgan fingerprint density at radius 3 is 1.68 bits per heavy atom. The maximum atomic E-state index is 6.17. The monoisotopic (exact) mass is 948 g/mol. The summed E-state index contributed by atoms with van der Waals surface area (Å²) in [5.74, 6) is 0.609. The van der Waals surface area contributed by atoms with Gasteiger partial charge in [0.05, 0.1) is 17.1 Å². The maximum absolute atomic E-state index is 6.17. The number of fused-ring (bicyclic) bond motifs is 7. The molecule has 0 bridgehead atoms. The molecular formula is C69H48N4O. The van der Waals surface area contributed by atoms with Crippen LogP contribution in [0.2, 0.25) is 0 Å². The standard InChI is InChI=1S/C69H48N4O/c1-4-14-47(15-5-1)49-26-32-55(33-27-49)71(56-36-30-51(31-37-56)69-70-65-21-11-13-23-68(65)74-69)58-38-41-61-52(44-58)24-25-53-45-59(39-42-62(53)61)72(57-34-28-50(29-35-57)48-16-6-2-7-17-48)60-40-43-67-64(46-60)63-20-10-12-22-66(63)73(67)54-18-8-3-9-19-54/h1-34,36-46,57H,35H2. The zero-order chi connectivity index (χ0) is 49.0. The van der Waals surface area contributed by atoms with Crippen molar-refractivity contribution in [2.24, 2.45) is 0 Å². The lowest BCUT2D eigenvalue weighted by molar-refractivity contribution is 0.620. The summed E-state index contributed by atoms with van der Waals surface area (Å²) in [7, 11) is 0. The van der Waals surface area contributed by atoms with Crippen LogP contribution in [0.1, 0.15) is 12.0 Å². The highest BCUT2D eigenvalue weighted by Crippen LogP contribution is 2.43. The molecule has 14 rings (SSSR count). The van der Waals surface area contributed by atoms with Gasteiger partial charge in [0.15, 0.2) is 5.58 Å². The van der Waals surface area contributed by atoms with Crippen LogP contribution in [0.3, 0.4) is 0 Å². The molecule has 0 amide bonds. The average Bonchev–Trinajstić information content (AvgIpc) is 4.08. The quantitative estimate of drug-likeness (QED) is 0.128. The van der Waals surface area contributed by atoms with Gasteiger partial charge in [0.2, 0.25) is 5.89 Å². The van der Waals surface area contributed by atoms with Crippen molar-refractivity contribution in [2.45, 2.75) is 12.5 Å². The zero-order valence-corrected chi connectivity index (χ0v) is 40.5. The van der Waals surface area contributed by atoms with Gasteiger partial charge in [-0.1, -0.05) is 164 Å². The highest BCUT2D eigenvalue weighted by Gasteiger charge is 2.24. The summed E-state index contributed by atoms with van der Waals surface area (Å²) in [6.45, 7) is 0. The molecule has 74 heavy (non-hydrogen) atoms. The first-order chi connectivity index (χ1) is 36.7. The Bertz CT molecular complexity index is 4240. The number of hydrogen-bond acceptors (Lipinski definition) is 4. The Balaban J connectivity index is 0.853. The summed E-state index contributed by atoms with van der Waals surface area (Å²) in [6.07, 6.45) is 7.95. The lowest BCUT2D eigenvalue weighted by Gasteiger charge is -2.33. The van der Waals surface area contributed by atoms with Gasteiger partial charge in [-0.05, 0) is 159 Å². The normalized spacial score (nSPS) is 13.5. The van der Waals surface area contributed by atoms with Crippen LogP contribution in [-0.2, 0) is 0 Å². The molecule has 0 saturated heterocycles. The Labute approximate surface area is 429 Å². The van der Waals surface area contributed by atoms with Crippen LogP contribution in [0, 0.1) is 0 Å². The summed E-state index contributed by atoms with van der Waals surface area (Å²) < 4.78 is 8.55. The fraction of sp³-hybridized carbons (Fsp3) is 0.0290. The highest BCUT2D eigenvalue weighted by molar-refractivity contribution is 6.12. The van der Waals surface area contributed by atoms with Crippen LogP contribution in [-0.4, -0.2) is 15.6 Å². The topological polar surface area (TPSA) is 37.4 Å². The second-order valence-corrected chi connectivity index (χ2v) is 19.1. The van der Waals surface area contributed by atoms with Crippen molar-refractivity contribution in [1.82, 2.24) is 9.55 Å². The van der Waals surface area contributed by atoms with E-state index in [4.69, 9.17) is 9.40 Å². The Morgan fingerprint density at radius 1 is 0.419 bits per heavy atom. The van der Waals surface area contributed by atoms with Crippen LogP contribution < -0.4 is 9.80 Å². The number of oxazole rings is 1. The second kappa shape index (κ2) is 18.2. The van der Waals surface area contributed by atoms with Gasteiger partial charge in [-0.25, -0.2) is 4.98 Å². The van der Waals surface area contributed by atoms with Crippen molar-refractivity contribution in [1.29, 1.82) is 0 Å². The summed E-state index contributed by atoms with van der Waals surface area (Å²) in [5, 5.41) is 7.25. The predicted octanol–water partition coefficient (Wildman–Crippen LogP) is 18.6. The first-order valence-corrected chi connectivity index (χ1v) is 25.4. The van der Waals surface area contributed by atoms with E-state index in [1.807, 2.05) is 24.3 Å². The largest absolute Gasteiger partial charge is 0.436 e. The molecule has 0 saturated carbocycles. The number of aromatic nitrogens is 2. The lowest BCUT2D eigenvalue weighted by atomic mass is 9.95. The highest BCUT2D eigenvalue weighted by atomic mass is 16.3. The van der Waals surface area contributed by atoms with Gasteiger partial charge in [-0.15, -0.1) is 0 Å². The minimum atomic E-state index is 0.0969. The van der Waals surface area contributed by atoms with E-state index in [9.17, 15) is 0 Å². The van der Waals surface area contributed by atoms with E-state index in [-0.39, 0.29) is 6.04 Å². The third kappa shape index (κ3) is 7.70. The Morgan fingerprint density at radius 2 is 0.973 bits per heavy atom. The van der Waals surface area contributed by atoms with Gasteiger partial charge in [-0.2, -0.15) is 0 Å². The Hall–Kier alpha value is -9.71. The molecule has 11 aromatic carbocycles. The molecule has 1 aliphatic carbocycles. The maximum Gasteiger partial charge on any atom is 0.227 e. The number of para-hydroxylation sites is 4. The number of nitrogens with zero attached hydrogens (tertiary/aromatic N) is 4. The van der Waals surface area contributed by atoms with Crippen LogP contribution in [0.5, 0.6) is 0 Å². The van der Waals surface area contributed by atoms with Crippen LogP contribution >= 0.6 is 0 Å². The summed E-state index contributed by atoms with van der Waals surface area (Å²) in [6, 6.07) is 91.6. The molecule has 0 radical (unpaired) electrons. The van der Waals surface area contributed by atoms with Crippen LogP contribution in [0.25, 0.3) is 88.3 Å². The number of hydrogen-bond donors (Lipinski definition) is 0. The number of benzene rings is 11. The van der Waals surface area contributed by atoms with Crippen molar-refractivity contribution in [3.8, 4) is 28.3 Å². The summed E-state index contributed by atoms with van der Waals surface area (Å²) in [5.41, 5.74) is 16.4. The smallest absolute Gasteiger partial charge is 0.227 e. The molecule has 1 aliphatic rings. The van der Waals surface area contributed by atoms with Gasteiger partial charge in [0, 0.05) is 50.5 Å². The minimum absolute atomic E-state index is 0.0969. The molecule has 5 heteroatoms. The van der Waals surface area contributed by atoms with Crippen LogP contribution in [0.15, 0.2) is 277 Å². The van der Waals surface area contributed by atoms with E-state index < -0.39 is 0 Å². The fourth-order valence-corrected chi connectivity index (χ4v) is 11.1. The molecule has 0 spiro atoms. The SMILES string of the molecule is C1=CC(N(c2ccc3c(ccc4cc(N(c5ccc(-c6ccccc6)cc5)c5ccc(-c6nc7ccccc7o6)cc5)ccc43)c2)c2ccc3c(c2)c2ccccc2n3-c2ccccc2)CC=C1c1ccccc1. The molecule has 0 fully saturated rings. The first-order valence-electron chi connectivity index (χ1n) is 25.4. The molecule has 13 aromatic rings. The molecule has 350 valence electrons. The van der Waals surface area contributed by atoms with E-state index >= 15 is 0 Å². The molecule has 1 atom stereocenters. The third-order valence-electron chi connectivity index (χ3n) is 14.7. The average molecular weight is 949 g/mol. The van der Waals surface area contributed by atoms with Crippen molar-refractivity contribution in [3.05, 3.63) is 279 Å². The van der Waals surface area contributed by atoms with E-state index in [0.717, 1.165) is 57.2 Å². The molecular weight excluding hydrogens is 901 g/mol. The fourth-order valence-electron chi connectivity index (χ4n) is 11.1. The number of allylic oxidation sites excluding steroid dienone is 2. The van der Waals surface area contributed by atoms with Gasteiger partial charge < -0.3 is 18.8 Å². The number of anilines is 5. The molecule has 2 heterocycles. The lowest BCUT2D eigenvalue weighted by Crippen LogP contribution is -2.30. The molecule has 0 N–H and O–H groups in total. The zero-order valence-electron chi connectivity index (χ0n) is 40.5. The minimum Gasteiger partial charge on any atom is -0.436 e. The van der Waals surface area contributed by atoms with E-state index in [1.54, 1.807) is 0 Å². The molecule has 1 unspecified atom stereocenters. The third-order valence-corrected chi connectivity index (χ3v) is 14.7. The van der Waals surface area contributed by atoms with E-state index in [1.165, 1.54) is 65.6 Å². The van der Waals surface area contributed by atoms with Crippen molar-refractivity contribution in [3.63, 3.8) is 0 Å². The summed E-state index contributed by atoms with van der Waals surface area (Å²) >= 11 is 0. The van der Waals surface area contributed by atoms with Gasteiger partial charge in [-0.3, -0.25) is 0 Å². The molecule has 5 nitrogen and oxygen atoms in total. The van der Waals surface area contributed by atoms with E-state index in [2.05, 4.69) is 263 Å². The Kier molecular flexibility index (Phi) is 10.6. The molecule has 0 aliphatic heterocycles.